The second-order valence-electron chi connectivity index (χ2n) is 2.58. The lowest BCUT2D eigenvalue weighted by Crippen LogP contribution is -1.89. The van der Waals surface area contributed by atoms with E-state index in [2.05, 4.69) is 30.4 Å². The first kappa shape index (κ1) is 5.93. The molecule has 10 heavy (non-hydrogen) atoms. The molecule has 52 valence electrons. The molecule has 2 rings (SSSR count). The number of ether oxygens (including phenoxy) is 1. The summed E-state index contributed by atoms with van der Waals surface area (Å²) in [5.74, 6) is 0. The molecule has 0 amide bonds. The van der Waals surface area contributed by atoms with E-state index in [1.54, 1.807) is 0 Å². The summed E-state index contributed by atoms with van der Waals surface area (Å²) in [7, 11) is 0. The van der Waals surface area contributed by atoms with E-state index >= 15 is 0 Å². The maximum atomic E-state index is 5.17. The SMILES string of the molecule is C1=CC=C(C2CO2)CC=C1. The van der Waals surface area contributed by atoms with Crippen molar-refractivity contribution in [1.82, 2.24) is 0 Å². The monoisotopic (exact) mass is 134 g/mol. The molecule has 1 heteroatoms. The Morgan fingerprint density at radius 2 is 2.20 bits per heavy atom. The van der Waals surface area contributed by atoms with Crippen LogP contribution in [0.5, 0.6) is 0 Å². The highest BCUT2D eigenvalue weighted by atomic mass is 16.6. The quantitative estimate of drug-likeness (QED) is 0.498. The zero-order valence-electron chi connectivity index (χ0n) is 5.79. The van der Waals surface area contributed by atoms with Crippen molar-refractivity contribution in [1.29, 1.82) is 0 Å². The van der Waals surface area contributed by atoms with Gasteiger partial charge in [-0.25, -0.2) is 0 Å². The third-order valence-corrected chi connectivity index (χ3v) is 1.77. The van der Waals surface area contributed by atoms with Crippen LogP contribution in [0.25, 0.3) is 0 Å². The molecule has 0 N–H and O–H groups in total. The summed E-state index contributed by atoms with van der Waals surface area (Å²) in [4.78, 5) is 0. The summed E-state index contributed by atoms with van der Waals surface area (Å²) in [5.41, 5.74) is 1.41. The second kappa shape index (κ2) is 2.43. The molecule has 0 aromatic carbocycles. The van der Waals surface area contributed by atoms with Crippen molar-refractivity contribution in [2.24, 2.45) is 0 Å². The molecule has 1 unspecified atom stereocenters. The Balaban J connectivity index is 2.12. The van der Waals surface area contributed by atoms with E-state index in [0.717, 1.165) is 13.0 Å². The van der Waals surface area contributed by atoms with Gasteiger partial charge in [-0.05, 0) is 12.0 Å². The van der Waals surface area contributed by atoms with E-state index in [9.17, 15) is 0 Å². The predicted octanol–water partition coefficient (Wildman–Crippen LogP) is 1.83. The van der Waals surface area contributed by atoms with Gasteiger partial charge in [-0.2, -0.15) is 0 Å². The van der Waals surface area contributed by atoms with Crippen molar-refractivity contribution in [2.75, 3.05) is 6.61 Å². The molecule has 1 nitrogen and oxygen atoms in total. The van der Waals surface area contributed by atoms with Gasteiger partial charge in [0, 0.05) is 0 Å². The summed E-state index contributed by atoms with van der Waals surface area (Å²) in [6.45, 7) is 0.924. The first-order valence-electron chi connectivity index (χ1n) is 3.61. The van der Waals surface area contributed by atoms with Crippen molar-refractivity contribution in [2.45, 2.75) is 12.5 Å². The van der Waals surface area contributed by atoms with Gasteiger partial charge in [-0.15, -0.1) is 0 Å². The maximum Gasteiger partial charge on any atom is 0.103 e. The Morgan fingerprint density at radius 3 is 3.00 bits per heavy atom. The van der Waals surface area contributed by atoms with Crippen molar-refractivity contribution >= 4 is 0 Å². The minimum absolute atomic E-state index is 0.437. The lowest BCUT2D eigenvalue weighted by molar-refractivity contribution is 0.430. The standard InChI is InChI=1S/C9H10O/c1-2-4-6-8(5-3-1)9-7-10-9/h1-5,9H,6-7H2. The molecule has 1 saturated heterocycles. The van der Waals surface area contributed by atoms with E-state index in [1.807, 2.05) is 0 Å². The number of hydrogen-bond acceptors (Lipinski definition) is 1. The van der Waals surface area contributed by atoms with Gasteiger partial charge in [0.25, 0.3) is 0 Å². The molecule has 0 aromatic heterocycles. The minimum Gasteiger partial charge on any atom is -0.368 e. The third kappa shape index (κ3) is 1.19. The van der Waals surface area contributed by atoms with Gasteiger partial charge in [-0.1, -0.05) is 30.4 Å². The summed E-state index contributed by atoms with van der Waals surface area (Å²) in [5, 5.41) is 0. The Hall–Kier alpha value is -0.820. The maximum absolute atomic E-state index is 5.17. The highest BCUT2D eigenvalue weighted by Crippen LogP contribution is 2.23. The van der Waals surface area contributed by atoms with Crippen LogP contribution in [0.3, 0.4) is 0 Å². The number of rotatable bonds is 1. The van der Waals surface area contributed by atoms with Crippen LogP contribution in [0.15, 0.2) is 36.0 Å². The van der Waals surface area contributed by atoms with Gasteiger partial charge in [-0.3, -0.25) is 0 Å². The third-order valence-electron chi connectivity index (χ3n) is 1.77. The van der Waals surface area contributed by atoms with Crippen LogP contribution in [0, 0.1) is 0 Å². The van der Waals surface area contributed by atoms with Gasteiger partial charge < -0.3 is 4.74 Å². The molecule has 1 heterocycles. The fraction of sp³-hybridized carbons (Fsp3) is 0.333. The van der Waals surface area contributed by atoms with E-state index in [1.165, 1.54) is 5.57 Å². The molecule has 1 atom stereocenters. The first-order valence-corrected chi connectivity index (χ1v) is 3.61. The summed E-state index contributed by atoms with van der Waals surface area (Å²) < 4.78 is 5.17. The van der Waals surface area contributed by atoms with Crippen LogP contribution in [-0.2, 0) is 4.74 Å². The van der Waals surface area contributed by atoms with Crippen LogP contribution < -0.4 is 0 Å². The first-order chi connectivity index (χ1) is 4.97. The Kier molecular flexibility index (Phi) is 1.44. The van der Waals surface area contributed by atoms with E-state index in [0.29, 0.717) is 6.10 Å². The van der Waals surface area contributed by atoms with Gasteiger partial charge in [0.1, 0.15) is 6.10 Å². The number of hydrogen-bond donors (Lipinski definition) is 0. The van der Waals surface area contributed by atoms with E-state index in [-0.39, 0.29) is 0 Å². The average Bonchev–Trinajstić information content (AvgIpc) is 2.76. The fourth-order valence-electron chi connectivity index (χ4n) is 1.09. The number of allylic oxidation sites excluding steroid dienone is 5. The fourth-order valence-corrected chi connectivity index (χ4v) is 1.09. The predicted molar refractivity (Wildman–Crippen MR) is 40.7 cm³/mol. The molecule has 1 fully saturated rings. The minimum atomic E-state index is 0.437. The highest BCUT2D eigenvalue weighted by molar-refractivity contribution is 5.27. The van der Waals surface area contributed by atoms with Crippen LogP contribution in [0.1, 0.15) is 6.42 Å². The molecular weight excluding hydrogens is 124 g/mol. The van der Waals surface area contributed by atoms with Crippen molar-refractivity contribution in [3.05, 3.63) is 36.0 Å². The highest BCUT2D eigenvalue weighted by Gasteiger charge is 2.25. The smallest absolute Gasteiger partial charge is 0.103 e. The van der Waals surface area contributed by atoms with Crippen molar-refractivity contribution < 1.29 is 4.74 Å². The molecular formula is C9H10O. The Morgan fingerprint density at radius 1 is 1.30 bits per heavy atom. The molecule has 0 aromatic rings. The van der Waals surface area contributed by atoms with Crippen LogP contribution >= 0.6 is 0 Å². The van der Waals surface area contributed by atoms with Crippen LogP contribution in [0.2, 0.25) is 0 Å². The summed E-state index contributed by atoms with van der Waals surface area (Å²) in [6.07, 6.45) is 12.0. The van der Waals surface area contributed by atoms with Crippen LogP contribution in [-0.4, -0.2) is 12.7 Å². The lowest BCUT2D eigenvalue weighted by Gasteiger charge is -1.94. The summed E-state index contributed by atoms with van der Waals surface area (Å²) in [6, 6.07) is 0. The normalized spacial score (nSPS) is 29.6. The largest absolute Gasteiger partial charge is 0.368 e. The zero-order chi connectivity index (χ0) is 6.81. The zero-order valence-corrected chi connectivity index (χ0v) is 5.79. The molecule has 0 saturated carbocycles. The number of epoxide rings is 1. The second-order valence-corrected chi connectivity index (χ2v) is 2.58. The van der Waals surface area contributed by atoms with Gasteiger partial charge in [0.05, 0.1) is 6.61 Å². The molecule has 0 bridgehead atoms. The Bertz CT molecular complexity index is 207. The molecule has 1 aliphatic heterocycles. The van der Waals surface area contributed by atoms with Crippen LogP contribution in [0.4, 0.5) is 0 Å². The van der Waals surface area contributed by atoms with Gasteiger partial charge in [0.2, 0.25) is 0 Å². The Labute approximate surface area is 60.7 Å². The molecule has 0 spiro atoms. The average molecular weight is 134 g/mol. The lowest BCUT2D eigenvalue weighted by atomic mass is 10.1. The molecule has 1 aliphatic carbocycles. The van der Waals surface area contributed by atoms with Gasteiger partial charge >= 0.3 is 0 Å². The molecule has 0 radical (unpaired) electrons. The topological polar surface area (TPSA) is 12.5 Å². The van der Waals surface area contributed by atoms with E-state index in [4.69, 9.17) is 4.74 Å². The van der Waals surface area contributed by atoms with Gasteiger partial charge in [0.15, 0.2) is 0 Å². The van der Waals surface area contributed by atoms with E-state index < -0.39 is 0 Å². The summed E-state index contributed by atoms with van der Waals surface area (Å²) >= 11 is 0. The van der Waals surface area contributed by atoms with Crippen molar-refractivity contribution in [3.63, 3.8) is 0 Å². The molecule has 2 aliphatic rings. The van der Waals surface area contributed by atoms with Crippen molar-refractivity contribution in [3.8, 4) is 0 Å².